The topological polar surface area (TPSA) is 24.9 Å². The zero-order chi connectivity index (χ0) is 21.2. The van der Waals surface area contributed by atoms with E-state index in [2.05, 4.69) is 55.9 Å². The summed E-state index contributed by atoms with van der Waals surface area (Å²) in [6, 6.07) is 7.53. The van der Waals surface area contributed by atoms with Crippen LogP contribution >= 0.6 is 0 Å². The Balaban J connectivity index is 0.00000117. The van der Waals surface area contributed by atoms with Crippen molar-refractivity contribution in [3.05, 3.63) is 29.3 Å². The van der Waals surface area contributed by atoms with Gasteiger partial charge in [0.2, 0.25) is 0 Å². The van der Waals surface area contributed by atoms with Gasteiger partial charge >= 0.3 is 0 Å². The van der Waals surface area contributed by atoms with Crippen LogP contribution < -0.4 is 4.74 Å². The molecule has 3 fully saturated rings. The van der Waals surface area contributed by atoms with Gasteiger partial charge in [0, 0.05) is 24.0 Å². The van der Waals surface area contributed by atoms with Crippen molar-refractivity contribution in [2.45, 2.75) is 77.0 Å². The van der Waals surface area contributed by atoms with E-state index in [1.807, 2.05) is 13.8 Å². The number of methoxy groups -OCH3 is 1. The van der Waals surface area contributed by atoms with E-state index in [0.717, 1.165) is 18.3 Å². The van der Waals surface area contributed by atoms with Crippen molar-refractivity contribution >= 4 is 0 Å². The van der Waals surface area contributed by atoms with Crippen LogP contribution in [0.15, 0.2) is 18.2 Å². The average molecular weight is 403 g/mol. The maximum Gasteiger partial charge on any atom is 0.119 e. The lowest BCUT2D eigenvalue weighted by Crippen LogP contribution is -2.64. The van der Waals surface area contributed by atoms with Crippen molar-refractivity contribution in [1.29, 1.82) is 0 Å². The fourth-order valence-corrected chi connectivity index (χ4v) is 5.44. The lowest BCUT2D eigenvalue weighted by atomic mass is 9.62. The van der Waals surface area contributed by atoms with Gasteiger partial charge in [-0.25, -0.2) is 0 Å². The molecule has 4 atom stereocenters. The van der Waals surface area contributed by atoms with Gasteiger partial charge < -0.3 is 14.4 Å². The number of nitrogens with zero attached hydrogens (tertiary/aromatic N) is 2. The molecular formula is C25H42N2O2. The van der Waals surface area contributed by atoms with Crippen LogP contribution in [-0.2, 0) is 10.2 Å². The molecule has 0 spiro atoms. The van der Waals surface area contributed by atoms with Gasteiger partial charge in [-0.15, -0.1) is 0 Å². The molecule has 4 unspecified atom stereocenters. The normalized spacial score (nSPS) is 32.3. The van der Waals surface area contributed by atoms with E-state index in [1.54, 1.807) is 7.11 Å². The second-order valence-corrected chi connectivity index (χ2v) is 9.34. The van der Waals surface area contributed by atoms with Crippen LogP contribution in [0, 0.1) is 12.8 Å². The minimum atomic E-state index is 0.0747. The number of hydrogen-bond donors (Lipinski definition) is 0. The van der Waals surface area contributed by atoms with Crippen LogP contribution in [0.2, 0.25) is 0 Å². The van der Waals surface area contributed by atoms with Gasteiger partial charge in [-0.05, 0) is 89.3 Å². The Morgan fingerprint density at radius 1 is 1.24 bits per heavy atom. The Morgan fingerprint density at radius 2 is 1.97 bits per heavy atom. The smallest absolute Gasteiger partial charge is 0.119 e. The maximum absolute atomic E-state index is 6.66. The first-order chi connectivity index (χ1) is 13.9. The lowest BCUT2D eigenvalue weighted by Gasteiger charge is -2.56. The predicted octanol–water partition coefficient (Wildman–Crippen LogP) is 4.49. The van der Waals surface area contributed by atoms with Crippen LogP contribution in [0.25, 0.3) is 0 Å². The molecule has 3 aliphatic rings. The highest BCUT2D eigenvalue weighted by atomic mass is 16.5. The molecule has 2 aliphatic heterocycles. The van der Waals surface area contributed by atoms with Gasteiger partial charge in [-0.1, -0.05) is 19.9 Å². The minimum absolute atomic E-state index is 0.0747. The Labute approximate surface area is 178 Å². The fraction of sp³-hybridized carbons (Fsp3) is 0.760. The molecule has 29 heavy (non-hydrogen) atoms. The van der Waals surface area contributed by atoms with Crippen molar-refractivity contribution in [2.75, 3.05) is 40.9 Å². The summed E-state index contributed by atoms with van der Waals surface area (Å²) in [5.74, 6) is 1.89. The van der Waals surface area contributed by atoms with E-state index >= 15 is 0 Å². The molecule has 0 amide bonds. The molecule has 4 rings (SSSR count). The highest BCUT2D eigenvalue weighted by Gasteiger charge is 2.53. The average Bonchev–Trinajstić information content (AvgIpc) is 3.56. The molecule has 0 radical (unpaired) electrons. The number of hydrogen-bond acceptors (Lipinski definition) is 4. The molecule has 4 heteroatoms. The number of piperidine rings is 1. The summed E-state index contributed by atoms with van der Waals surface area (Å²) in [6.45, 7) is 11.9. The molecule has 0 bridgehead atoms. The van der Waals surface area contributed by atoms with Crippen molar-refractivity contribution in [1.82, 2.24) is 9.80 Å². The molecule has 2 heterocycles. The van der Waals surface area contributed by atoms with Gasteiger partial charge in [-0.2, -0.15) is 0 Å². The summed E-state index contributed by atoms with van der Waals surface area (Å²) < 4.78 is 12.3. The Hall–Kier alpha value is -1.10. The molecule has 1 aliphatic carbocycles. The molecule has 0 N–H and O–H groups in total. The van der Waals surface area contributed by atoms with Gasteiger partial charge in [0.1, 0.15) is 5.75 Å². The standard InChI is InChI=1S/C23H36N2O2.C2H6/c1-16-6-9-20(26-5)12-21(16)23-10-11-25(14-18-7-8-18)17(2)22(23)27-15-19(13-23)24(3)4;1-2/h6,9,12,17-19,22H,7-8,10-11,13-15H2,1-5H3;1-2H3. The molecule has 2 saturated heterocycles. The predicted molar refractivity (Wildman–Crippen MR) is 121 cm³/mol. The zero-order valence-electron chi connectivity index (χ0n) is 19.7. The number of aryl methyl sites for hydroxylation is 1. The largest absolute Gasteiger partial charge is 0.497 e. The quantitative estimate of drug-likeness (QED) is 0.724. The third kappa shape index (κ3) is 4.50. The highest BCUT2D eigenvalue weighted by molar-refractivity contribution is 5.42. The summed E-state index contributed by atoms with van der Waals surface area (Å²) >= 11 is 0. The summed E-state index contributed by atoms with van der Waals surface area (Å²) in [6.07, 6.45) is 5.43. The monoisotopic (exact) mass is 402 g/mol. The molecule has 164 valence electrons. The fourth-order valence-electron chi connectivity index (χ4n) is 5.44. The number of fused-ring (bicyclic) bond motifs is 1. The third-order valence-corrected chi connectivity index (χ3v) is 7.37. The van der Waals surface area contributed by atoms with Gasteiger partial charge in [0.15, 0.2) is 0 Å². The molecular weight excluding hydrogens is 360 g/mol. The van der Waals surface area contributed by atoms with Crippen LogP contribution in [-0.4, -0.2) is 68.9 Å². The van der Waals surface area contributed by atoms with Crippen LogP contribution in [0.3, 0.4) is 0 Å². The summed E-state index contributed by atoms with van der Waals surface area (Å²) in [7, 11) is 6.14. The summed E-state index contributed by atoms with van der Waals surface area (Å²) in [5, 5.41) is 0. The van der Waals surface area contributed by atoms with Gasteiger partial charge in [0.05, 0.1) is 19.8 Å². The van der Waals surface area contributed by atoms with E-state index in [4.69, 9.17) is 9.47 Å². The Kier molecular flexibility index (Phi) is 7.29. The van der Waals surface area contributed by atoms with Crippen LogP contribution in [0.1, 0.15) is 57.6 Å². The van der Waals surface area contributed by atoms with Crippen molar-refractivity contribution in [3.8, 4) is 5.75 Å². The van der Waals surface area contributed by atoms with Crippen molar-refractivity contribution in [3.63, 3.8) is 0 Å². The Bertz CT molecular complexity index is 673. The zero-order valence-corrected chi connectivity index (χ0v) is 19.7. The van der Waals surface area contributed by atoms with E-state index < -0.39 is 0 Å². The second kappa shape index (κ2) is 9.36. The lowest BCUT2D eigenvalue weighted by molar-refractivity contribution is -0.138. The second-order valence-electron chi connectivity index (χ2n) is 9.34. The number of rotatable bonds is 5. The van der Waals surface area contributed by atoms with E-state index in [9.17, 15) is 0 Å². The number of benzene rings is 1. The molecule has 1 saturated carbocycles. The molecule has 1 aromatic carbocycles. The number of ether oxygens (including phenoxy) is 2. The van der Waals surface area contributed by atoms with Crippen LogP contribution in [0.5, 0.6) is 5.75 Å². The molecule has 0 aromatic heterocycles. The number of likely N-dealkylation sites (N-methyl/N-ethyl adjacent to an activating group) is 1. The summed E-state index contributed by atoms with van der Waals surface area (Å²) in [4.78, 5) is 5.04. The molecule has 4 nitrogen and oxygen atoms in total. The van der Waals surface area contributed by atoms with Gasteiger partial charge in [-0.3, -0.25) is 4.90 Å². The number of likely N-dealkylation sites (tertiary alicyclic amines) is 1. The maximum atomic E-state index is 6.66. The summed E-state index contributed by atoms with van der Waals surface area (Å²) in [5.41, 5.74) is 2.88. The third-order valence-electron chi connectivity index (χ3n) is 7.37. The SMILES string of the molecule is CC.COc1ccc(C)c(C23CCN(CC4CC4)C(C)C2OCC(N(C)C)C3)c1. The highest BCUT2D eigenvalue weighted by Crippen LogP contribution is 2.49. The molecule has 1 aromatic rings. The van der Waals surface area contributed by atoms with Crippen molar-refractivity contribution < 1.29 is 9.47 Å². The first kappa shape index (κ1) is 22.6. The Morgan fingerprint density at radius 3 is 2.59 bits per heavy atom. The van der Waals surface area contributed by atoms with E-state index in [1.165, 1.54) is 49.9 Å². The van der Waals surface area contributed by atoms with E-state index in [0.29, 0.717) is 12.1 Å². The van der Waals surface area contributed by atoms with E-state index in [-0.39, 0.29) is 11.5 Å². The van der Waals surface area contributed by atoms with Gasteiger partial charge in [0.25, 0.3) is 0 Å². The van der Waals surface area contributed by atoms with Crippen molar-refractivity contribution in [2.24, 2.45) is 5.92 Å². The minimum Gasteiger partial charge on any atom is -0.497 e. The first-order valence-electron chi connectivity index (χ1n) is 11.6. The van der Waals surface area contributed by atoms with Crippen LogP contribution in [0.4, 0.5) is 0 Å². The first-order valence-corrected chi connectivity index (χ1v) is 11.6.